The minimum Gasteiger partial charge on any atom is -0.314 e. The Morgan fingerprint density at radius 2 is 1.95 bits per heavy atom. The minimum absolute atomic E-state index is 0.144. The Balaban J connectivity index is 2.11. The molecule has 0 heterocycles. The van der Waals surface area contributed by atoms with Gasteiger partial charge in [0.1, 0.15) is 5.82 Å². The molecule has 0 aromatic heterocycles. The molecule has 0 bridgehead atoms. The molecule has 0 spiro atoms. The highest BCUT2D eigenvalue weighted by atomic mass is 79.9. The molecule has 0 atom stereocenters. The molecular formula is C16H23BrFN. The van der Waals surface area contributed by atoms with Gasteiger partial charge in [0.15, 0.2) is 0 Å². The Hall–Kier alpha value is -0.410. The van der Waals surface area contributed by atoms with Crippen molar-refractivity contribution in [2.75, 3.05) is 6.54 Å². The maximum absolute atomic E-state index is 13.5. The molecule has 1 aromatic rings. The van der Waals surface area contributed by atoms with Crippen LogP contribution in [0.25, 0.3) is 0 Å². The minimum atomic E-state index is -0.144. The number of nitrogens with one attached hydrogen (secondary N) is 1. The second-order valence-corrected chi connectivity index (χ2v) is 7.11. The van der Waals surface area contributed by atoms with Gasteiger partial charge in [-0.2, -0.15) is 0 Å². The Morgan fingerprint density at radius 3 is 2.53 bits per heavy atom. The lowest BCUT2D eigenvalue weighted by molar-refractivity contribution is 0.269. The van der Waals surface area contributed by atoms with Crippen LogP contribution in [0.15, 0.2) is 22.7 Å². The highest BCUT2D eigenvalue weighted by molar-refractivity contribution is 9.10. The first kappa shape index (κ1) is 15.0. The summed E-state index contributed by atoms with van der Waals surface area (Å²) in [6.45, 7) is 5.40. The van der Waals surface area contributed by atoms with Crippen molar-refractivity contribution in [3.05, 3.63) is 34.1 Å². The summed E-state index contributed by atoms with van der Waals surface area (Å²) in [7, 11) is 0. The van der Waals surface area contributed by atoms with Gasteiger partial charge in [-0.3, -0.25) is 0 Å². The summed E-state index contributed by atoms with van der Waals surface area (Å²) >= 11 is 3.39. The first-order chi connectivity index (χ1) is 8.99. The molecular weight excluding hydrogens is 305 g/mol. The first-order valence-corrected chi connectivity index (χ1v) is 7.97. The third kappa shape index (κ3) is 4.28. The number of rotatable bonds is 5. The standard InChI is InChI=1S/C16H23BrFN/c1-12(2)19-11-16(5-3-4-6-16)10-13-7-14(17)9-15(18)8-13/h7-9,12,19H,3-6,10-11H2,1-2H3. The lowest BCUT2D eigenvalue weighted by Gasteiger charge is -2.30. The molecule has 1 aromatic carbocycles. The molecule has 19 heavy (non-hydrogen) atoms. The van der Waals surface area contributed by atoms with Crippen LogP contribution in [0.5, 0.6) is 0 Å². The van der Waals surface area contributed by atoms with Gasteiger partial charge in [-0.1, -0.05) is 42.6 Å². The van der Waals surface area contributed by atoms with Crippen LogP contribution in [0.2, 0.25) is 0 Å². The molecule has 3 heteroatoms. The number of benzene rings is 1. The normalized spacial score (nSPS) is 18.2. The van der Waals surface area contributed by atoms with Crippen LogP contribution in [0.1, 0.15) is 45.1 Å². The third-order valence-corrected chi connectivity index (χ3v) is 4.51. The van der Waals surface area contributed by atoms with Crippen molar-refractivity contribution in [1.82, 2.24) is 5.32 Å². The van der Waals surface area contributed by atoms with Crippen LogP contribution in [0, 0.1) is 11.2 Å². The molecule has 1 nitrogen and oxygen atoms in total. The average molecular weight is 328 g/mol. The fraction of sp³-hybridized carbons (Fsp3) is 0.625. The van der Waals surface area contributed by atoms with Crippen LogP contribution in [0.4, 0.5) is 4.39 Å². The van der Waals surface area contributed by atoms with Crippen molar-refractivity contribution in [1.29, 1.82) is 0 Å². The van der Waals surface area contributed by atoms with Crippen LogP contribution in [-0.4, -0.2) is 12.6 Å². The zero-order chi connectivity index (χ0) is 13.9. The van der Waals surface area contributed by atoms with E-state index in [0.29, 0.717) is 11.5 Å². The van der Waals surface area contributed by atoms with E-state index in [2.05, 4.69) is 41.2 Å². The van der Waals surface area contributed by atoms with Gasteiger partial charge in [-0.25, -0.2) is 4.39 Å². The smallest absolute Gasteiger partial charge is 0.124 e. The molecule has 2 rings (SSSR count). The molecule has 0 unspecified atom stereocenters. The van der Waals surface area contributed by atoms with Crippen molar-refractivity contribution >= 4 is 15.9 Å². The van der Waals surface area contributed by atoms with E-state index in [4.69, 9.17) is 0 Å². The van der Waals surface area contributed by atoms with Gasteiger partial charge in [-0.15, -0.1) is 0 Å². The Morgan fingerprint density at radius 1 is 1.26 bits per heavy atom. The Kier molecular flexibility index (Phi) is 5.02. The van der Waals surface area contributed by atoms with Crippen LogP contribution in [0.3, 0.4) is 0 Å². The number of hydrogen-bond donors (Lipinski definition) is 1. The maximum Gasteiger partial charge on any atom is 0.124 e. The quantitative estimate of drug-likeness (QED) is 0.827. The van der Waals surface area contributed by atoms with Gasteiger partial charge in [0.05, 0.1) is 0 Å². The monoisotopic (exact) mass is 327 g/mol. The number of hydrogen-bond acceptors (Lipinski definition) is 1. The highest BCUT2D eigenvalue weighted by Crippen LogP contribution is 2.41. The highest BCUT2D eigenvalue weighted by Gasteiger charge is 2.33. The van der Waals surface area contributed by atoms with Gasteiger partial charge in [0.25, 0.3) is 0 Å². The number of halogens is 2. The largest absolute Gasteiger partial charge is 0.314 e. The SMILES string of the molecule is CC(C)NCC1(Cc2cc(F)cc(Br)c2)CCCC1. The van der Waals surface area contributed by atoms with E-state index in [0.717, 1.165) is 23.0 Å². The zero-order valence-electron chi connectivity index (χ0n) is 11.8. The molecule has 0 saturated heterocycles. The van der Waals surface area contributed by atoms with Gasteiger partial charge in [0.2, 0.25) is 0 Å². The predicted molar refractivity (Wildman–Crippen MR) is 81.8 cm³/mol. The summed E-state index contributed by atoms with van der Waals surface area (Å²) in [5.74, 6) is -0.144. The summed E-state index contributed by atoms with van der Waals surface area (Å²) in [6.07, 6.45) is 6.08. The second kappa shape index (κ2) is 6.36. The van der Waals surface area contributed by atoms with E-state index >= 15 is 0 Å². The van der Waals surface area contributed by atoms with Gasteiger partial charge in [-0.05, 0) is 48.4 Å². The van der Waals surface area contributed by atoms with E-state index < -0.39 is 0 Å². The van der Waals surface area contributed by atoms with Gasteiger partial charge in [0, 0.05) is 17.1 Å². The molecule has 0 amide bonds. The van der Waals surface area contributed by atoms with Crippen LogP contribution >= 0.6 is 15.9 Å². The predicted octanol–water partition coefficient (Wildman–Crippen LogP) is 4.69. The first-order valence-electron chi connectivity index (χ1n) is 7.17. The fourth-order valence-corrected chi connectivity index (χ4v) is 3.62. The van der Waals surface area contributed by atoms with Gasteiger partial charge >= 0.3 is 0 Å². The van der Waals surface area contributed by atoms with E-state index in [-0.39, 0.29) is 5.82 Å². The zero-order valence-corrected chi connectivity index (χ0v) is 13.4. The van der Waals surface area contributed by atoms with Crippen molar-refractivity contribution in [3.63, 3.8) is 0 Å². The summed E-state index contributed by atoms with van der Waals surface area (Å²) in [5, 5.41) is 3.57. The van der Waals surface area contributed by atoms with Crippen LogP contribution in [-0.2, 0) is 6.42 Å². The van der Waals surface area contributed by atoms with Gasteiger partial charge < -0.3 is 5.32 Å². The van der Waals surface area contributed by atoms with E-state index in [9.17, 15) is 4.39 Å². The molecule has 0 aliphatic heterocycles. The van der Waals surface area contributed by atoms with Crippen LogP contribution < -0.4 is 5.32 Å². The molecule has 1 fully saturated rings. The molecule has 1 aliphatic rings. The lowest BCUT2D eigenvalue weighted by Crippen LogP contribution is -2.37. The molecule has 1 N–H and O–H groups in total. The summed E-state index contributed by atoms with van der Waals surface area (Å²) in [5.41, 5.74) is 1.43. The third-order valence-electron chi connectivity index (χ3n) is 4.05. The molecule has 0 radical (unpaired) electrons. The molecule has 1 saturated carbocycles. The molecule has 106 valence electrons. The maximum atomic E-state index is 13.5. The average Bonchev–Trinajstić information content (AvgIpc) is 2.74. The van der Waals surface area contributed by atoms with Crippen molar-refractivity contribution in [2.45, 2.75) is 52.0 Å². The van der Waals surface area contributed by atoms with Crippen molar-refractivity contribution in [2.24, 2.45) is 5.41 Å². The molecule has 1 aliphatic carbocycles. The Labute approximate surface area is 124 Å². The fourth-order valence-electron chi connectivity index (χ4n) is 3.11. The van der Waals surface area contributed by atoms with E-state index in [1.165, 1.54) is 31.7 Å². The summed E-state index contributed by atoms with van der Waals surface area (Å²) < 4.78 is 14.3. The van der Waals surface area contributed by atoms with E-state index in [1.807, 2.05) is 0 Å². The topological polar surface area (TPSA) is 12.0 Å². The lowest BCUT2D eigenvalue weighted by atomic mass is 9.79. The van der Waals surface area contributed by atoms with Crippen molar-refractivity contribution < 1.29 is 4.39 Å². The summed E-state index contributed by atoms with van der Waals surface area (Å²) in [6, 6.07) is 5.77. The van der Waals surface area contributed by atoms with E-state index in [1.54, 1.807) is 6.07 Å². The van der Waals surface area contributed by atoms with Crippen molar-refractivity contribution in [3.8, 4) is 0 Å². The Bertz CT molecular complexity index is 405. The second-order valence-electron chi connectivity index (χ2n) is 6.20. The summed E-state index contributed by atoms with van der Waals surface area (Å²) in [4.78, 5) is 0.